The van der Waals surface area contributed by atoms with E-state index in [0.29, 0.717) is 71.1 Å². The van der Waals surface area contributed by atoms with Gasteiger partial charge in [-0.2, -0.15) is 5.10 Å². The second kappa shape index (κ2) is 16.4. The van der Waals surface area contributed by atoms with E-state index in [9.17, 15) is 18.0 Å². The van der Waals surface area contributed by atoms with Crippen molar-refractivity contribution in [1.82, 2.24) is 34.9 Å². The molecule has 3 fully saturated rings. The molecule has 1 unspecified atom stereocenters. The fourth-order valence-corrected chi connectivity index (χ4v) is 8.42. The molecule has 12 nitrogen and oxygen atoms in total. The number of piperazine rings is 1. The van der Waals surface area contributed by atoms with Gasteiger partial charge in [-0.3, -0.25) is 24.5 Å². The van der Waals surface area contributed by atoms with Gasteiger partial charge in [0.15, 0.2) is 0 Å². The minimum atomic E-state index is -3.68. The highest BCUT2D eigenvalue weighted by atomic mass is 35.5. The number of carbonyl (C=O) groups is 2. The minimum absolute atomic E-state index is 0. The van der Waals surface area contributed by atoms with Crippen molar-refractivity contribution in [2.45, 2.75) is 89.2 Å². The van der Waals surface area contributed by atoms with Crippen LogP contribution in [0.2, 0.25) is 0 Å². The normalized spacial score (nSPS) is 21.4. The van der Waals surface area contributed by atoms with Crippen molar-refractivity contribution in [3.05, 3.63) is 46.8 Å². The monoisotopic (exact) mass is 707 g/mol. The number of H-pyrrole nitrogens is 1. The second-order valence-corrected chi connectivity index (χ2v) is 15.5. The molecule has 3 aliphatic rings. The Kier molecular flexibility index (Phi) is 13.1. The molecule has 3 saturated heterocycles. The number of nitrogens with one attached hydrogen (secondary N) is 3. The number of benzene rings is 1. The Hall–Kier alpha value is -2.55. The predicted octanol–water partition coefficient (Wildman–Crippen LogP) is 3.16. The van der Waals surface area contributed by atoms with Gasteiger partial charge in [0.25, 0.3) is 0 Å². The lowest BCUT2D eigenvalue weighted by Gasteiger charge is -2.52. The van der Waals surface area contributed by atoms with Gasteiger partial charge < -0.3 is 15.0 Å². The summed E-state index contributed by atoms with van der Waals surface area (Å²) in [5, 5.41) is 10.7. The molecule has 0 aliphatic carbocycles. The molecule has 2 aromatic rings. The molecule has 48 heavy (non-hydrogen) atoms. The number of nitrogens with zero attached hydrogens (tertiary/aromatic N) is 4. The number of hydrogen-bond donors (Lipinski definition) is 3. The van der Waals surface area contributed by atoms with E-state index in [1.807, 2.05) is 30.9 Å². The number of carbonyl (C=O) groups excluding carboxylic acids is 2. The summed E-state index contributed by atoms with van der Waals surface area (Å²) < 4.78 is 34.4. The van der Waals surface area contributed by atoms with Gasteiger partial charge in [-0.1, -0.05) is 39.3 Å². The molecule has 0 radical (unpaired) electrons. The summed E-state index contributed by atoms with van der Waals surface area (Å²) in [6.45, 7) is 15.9. The third-order valence-corrected chi connectivity index (χ3v) is 11.5. The second-order valence-electron chi connectivity index (χ2n) is 13.7. The highest BCUT2D eigenvalue weighted by Crippen LogP contribution is 2.40. The average Bonchev–Trinajstić information content (AvgIpc) is 3.38. The van der Waals surface area contributed by atoms with Crippen LogP contribution >= 0.6 is 12.4 Å². The highest BCUT2D eigenvalue weighted by molar-refractivity contribution is 7.89. The Morgan fingerprint density at radius 1 is 1.04 bits per heavy atom. The zero-order valence-electron chi connectivity index (χ0n) is 29.1. The van der Waals surface area contributed by atoms with Crippen LogP contribution in [0.15, 0.2) is 29.2 Å². The quantitative estimate of drug-likeness (QED) is 0.289. The Morgan fingerprint density at radius 3 is 2.29 bits per heavy atom. The SMILES string of the molecule is CCCCN1C(=O)[C@H](CC(C)C)NC(=O)C12CCN(C(c1ccc(S(=O)(=O)NCCN3CCOCC3)cc1)c1c(C)n[nH]c1C)CC2.Cl. The number of aromatic nitrogens is 2. The molecule has 2 amide bonds. The number of ether oxygens (including phenoxy) is 1. The van der Waals surface area contributed by atoms with Crippen molar-refractivity contribution in [1.29, 1.82) is 0 Å². The summed E-state index contributed by atoms with van der Waals surface area (Å²) in [7, 11) is -3.68. The van der Waals surface area contributed by atoms with Gasteiger partial charge in [-0.05, 0) is 63.1 Å². The third-order valence-electron chi connectivity index (χ3n) is 10.0. The van der Waals surface area contributed by atoms with E-state index in [0.717, 1.165) is 48.4 Å². The Labute approximate surface area is 292 Å². The van der Waals surface area contributed by atoms with E-state index in [1.165, 1.54) is 0 Å². The molecule has 3 aliphatic heterocycles. The van der Waals surface area contributed by atoms with E-state index in [1.54, 1.807) is 12.1 Å². The van der Waals surface area contributed by atoms with Crippen LogP contribution in [0.25, 0.3) is 0 Å². The predicted molar refractivity (Wildman–Crippen MR) is 188 cm³/mol. The third kappa shape index (κ3) is 8.24. The molecular weight excluding hydrogens is 654 g/mol. The van der Waals surface area contributed by atoms with Crippen LogP contribution in [-0.2, 0) is 24.3 Å². The summed E-state index contributed by atoms with van der Waals surface area (Å²) in [4.78, 5) is 34.3. The molecule has 2 atom stereocenters. The first-order valence-electron chi connectivity index (χ1n) is 17.2. The lowest BCUT2D eigenvalue weighted by Crippen LogP contribution is -2.73. The number of morpholine rings is 1. The smallest absolute Gasteiger partial charge is 0.246 e. The fraction of sp³-hybridized carbons (Fsp3) is 0.676. The van der Waals surface area contributed by atoms with Gasteiger partial charge in [0, 0.05) is 57.1 Å². The number of unbranched alkanes of at least 4 members (excludes halogenated alkanes) is 1. The minimum Gasteiger partial charge on any atom is -0.379 e. The lowest BCUT2D eigenvalue weighted by molar-refractivity contribution is -0.162. The number of piperidine rings is 1. The van der Waals surface area contributed by atoms with E-state index < -0.39 is 21.6 Å². The summed E-state index contributed by atoms with van der Waals surface area (Å²) >= 11 is 0. The Balaban J connectivity index is 0.00000520. The summed E-state index contributed by atoms with van der Waals surface area (Å²) in [6.07, 6.45) is 3.47. The van der Waals surface area contributed by atoms with Crippen molar-refractivity contribution in [3.63, 3.8) is 0 Å². The van der Waals surface area contributed by atoms with Crippen molar-refractivity contribution >= 4 is 34.2 Å². The first-order chi connectivity index (χ1) is 22.5. The van der Waals surface area contributed by atoms with Gasteiger partial charge in [0.2, 0.25) is 21.8 Å². The number of rotatable bonds is 13. The van der Waals surface area contributed by atoms with Crippen molar-refractivity contribution < 1.29 is 22.7 Å². The number of aryl methyl sites for hydroxylation is 2. The standard InChI is InChI=1S/C34H53N7O5S.ClH/c1-6-7-15-41-32(42)29(23-24(2)3)36-33(43)34(41)12-16-40(17-13-34)31(30-25(4)37-38-26(30)5)27-8-10-28(11-9-27)47(44,45)35-14-18-39-19-21-46-22-20-39;/h8-11,24,29,31,35H,6-7,12-23H2,1-5H3,(H,36,43)(H,37,38);1H/t29-,31?;/m0./s1. The van der Waals surface area contributed by atoms with Crippen LogP contribution in [0, 0.1) is 19.8 Å². The van der Waals surface area contributed by atoms with Crippen molar-refractivity contribution in [2.75, 3.05) is 59.0 Å². The molecule has 3 N–H and O–H groups in total. The van der Waals surface area contributed by atoms with Crippen LogP contribution < -0.4 is 10.0 Å². The summed E-state index contributed by atoms with van der Waals surface area (Å²) in [5.74, 6) is 0.289. The van der Waals surface area contributed by atoms with E-state index in [-0.39, 0.29) is 35.2 Å². The molecule has 4 heterocycles. The van der Waals surface area contributed by atoms with Gasteiger partial charge in [-0.15, -0.1) is 12.4 Å². The van der Waals surface area contributed by atoms with E-state index in [4.69, 9.17) is 4.74 Å². The average molecular weight is 708 g/mol. The number of hydrogen-bond acceptors (Lipinski definition) is 8. The fourth-order valence-electron chi connectivity index (χ4n) is 7.39. The van der Waals surface area contributed by atoms with Crippen LogP contribution in [-0.4, -0.2) is 116 Å². The molecule has 0 saturated carbocycles. The van der Waals surface area contributed by atoms with Crippen LogP contribution in [0.3, 0.4) is 0 Å². The maximum Gasteiger partial charge on any atom is 0.246 e. The molecule has 1 aromatic heterocycles. The van der Waals surface area contributed by atoms with E-state index >= 15 is 0 Å². The molecule has 268 valence electrons. The van der Waals surface area contributed by atoms with Crippen molar-refractivity contribution in [3.8, 4) is 0 Å². The first-order valence-corrected chi connectivity index (χ1v) is 18.7. The largest absolute Gasteiger partial charge is 0.379 e. The maximum atomic E-state index is 13.9. The van der Waals surface area contributed by atoms with Crippen LogP contribution in [0.5, 0.6) is 0 Å². The van der Waals surface area contributed by atoms with Crippen LogP contribution in [0.1, 0.15) is 81.4 Å². The highest BCUT2D eigenvalue weighted by Gasteiger charge is 2.54. The lowest BCUT2D eigenvalue weighted by atomic mass is 9.79. The first kappa shape index (κ1) is 38.3. The van der Waals surface area contributed by atoms with Gasteiger partial charge in [0.1, 0.15) is 11.6 Å². The number of aromatic amines is 1. The molecule has 1 aromatic carbocycles. The molecular formula is C34H54ClN7O5S. The Morgan fingerprint density at radius 2 is 1.71 bits per heavy atom. The number of halogens is 1. The summed E-state index contributed by atoms with van der Waals surface area (Å²) in [5.41, 5.74) is 2.95. The summed E-state index contributed by atoms with van der Waals surface area (Å²) in [6, 6.07) is 6.44. The zero-order chi connectivity index (χ0) is 33.8. The topological polar surface area (TPSA) is 140 Å². The van der Waals surface area contributed by atoms with Crippen LogP contribution in [0.4, 0.5) is 0 Å². The number of amides is 2. The molecule has 0 bridgehead atoms. The van der Waals surface area contributed by atoms with E-state index in [2.05, 4.69) is 50.8 Å². The molecule has 1 spiro atoms. The van der Waals surface area contributed by atoms with Gasteiger partial charge in [0.05, 0.1) is 29.8 Å². The van der Waals surface area contributed by atoms with Gasteiger partial charge >= 0.3 is 0 Å². The Bertz CT molecular complexity index is 1470. The number of likely N-dealkylation sites (tertiary alicyclic amines) is 1. The van der Waals surface area contributed by atoms with Gasteiger partial charge in [-0.25, -0.2) is 13.1 Å². The van der Waals surface area contributed by atoms with Crippen molar-refractivity contribution in [2.24, 2.45) is 5.92 Å². The molecule has 5 rings (SSSR count). The zero-order valence-corrected chi connectivity index (χ0v) is 30.7. The number of sulfonamides is 1. The molecule has 14 heteroatoms. The maximum absolute atomic E-state index is 13.9.